The fourth-order valence-electron chi connectivity index (χ4n) is 2.76. The summed E-state index contributed by atoms with van der Waals surface area (Å²) in [4.78, 5) is 8.50. The number of nitrogens with zero attached hydrogens (tertiary/aromatic N) is 2. The quantitative estimate of drug-likeness (QED) is 0.516. The van der Waals surface area contributed by atoms with Gasteiger partial charge >= 0.3 is 0 Å². The molecule has 0 saturated carbocycles. The van der Waals surface area contributed by atoms with Crippen molar-refractivity contribution in [3.63, 3.8) is 0 Å². The van der Waals surface area contributed by atoms with Crippen molar-refractivity contribution in [3.05, 3.63) is 77.6 Å². The Morgan fingerprint density at radius 1 is 1.15 bits per heavy atom. The Labute approximate surface area is 158 Å². The molecule has 0 fully saturated rings. The average Bonchev–Trinajstić information content (AvgIpc) is 3.16. The Bertz CT molecular complexity index is 906. The number of aliphatic imine (C=N–C) groups is 1. The smallest absolute Gasteiger partial charge is 0.214 e. The van der Waals surface area contributed by atoms with Crippen LogP contribution in [0, 0.1) is 12.7 Å². The largest absolute Gasteiger partial charge is 0.439 e. The van der Waals surface area contributed by atoms with Gasteiger partial charge in [0.15, 0.2) is 11.7 Å². The van der Waals surface area contributed by atoms with Crippen LogP contribution in [0.3, 0.4) is 0 Å². The summed E-state index contributed by atoms with van der Waals surface area (Å²) in [5.41, 5.74) is 3.06. The molecule has 5 nitrogen and oxygen atoms in total. The maximum absolute atomic E-state index is 13.2. The molecule has 0 spiro atoms. The fourth-order valence-corrected chi connectivity index (χ4v) is 2.76. The molecule has 2 aromatic carbocycles. The van der Waals surface area contributed by atoms with Gasteiger partial charge < -0.3 is 15.1 Å². The molecule has 0 saturated heterocycles. The summed E-state index contributed by atoms with van der Waals surface area (Å²) in [7, 11) is 1.71. The second-order valence-corrected chi connectivity index (χ2v) is 6.16. The van der Waals surface area contributed by atoms with Crippen molar-refractivity contribution < 1.29 is 8.81 Å². The SMILES string of the molecule is CN=C(NCCc1ccc(F)cc1C)NCc1ncc(-c2ccccc2)o1. The molecule has 0 amide bonds. The molecule has 0 bridgehead atoms. The number of halogens is 1. The highest BCUT2D eigenvalue weighted by Gasteiger charge is 2.07. The van der Waals surface area contributed by atoms with Crippen molar-refractivity contribution in [3.8, 4) is 11.3 Å². The predicted octanol–water partition coefficient (Wildman–Crippen LogP) is 3.70. The van der Waals surface area contributed by atoms with E-state index in [2.05, 4.69) is 20.6 Å². The first-order valence-corrected chi connectivity index (χ1v) is 8.85. The molecule has 0 aliphatic heterocycles. The molecule has 0 aliphatic rings. The van der Waals surface area contributed by atoms with Gasteiger partial charge in [-0.2, -0.15) is 0 Å². The first-order valence-electron chi connectivity index (χ1n) is 8.85. The lowest BCUT2D eigenvalue weighted by Gasteiger charge is -2.11. The van der Waals surface area contributed by atoms with Gasteiger partial charge in [-0.3, -0.25) is 4.99 Å². The van der Waals surface area contributed by atoms with Crippen LogP contribution in [-0.2, 0) is 13.0 Å². The van der Waals surface area contributed by atoms with E-state index in [4.69, 9.17) is 4.42 Å². The van der Waals surface area contributed by atoms with Gasteiger partial charge in [0, 0.05) is 19.2 Å². The molecule has 1 heterocycles. The Balaban J connectivity index is 1.49. The lowest BCUT2D eigenvalue weighted by Crippen LogP contribution is -2.38. The molecular weight excluding hydrogens is 343 g/mol. The summed E-state index contributed by atoms with van der Waals surface area (Å²) >= 11 is 0. The topological polar surface area (TPSA) is 62.5 Å². The summed E-state index contributed by atoms with van der Waals surface area (Å²) < 4.78 is 18.9. The van der Waals surface area contributed by atoms with Gasteiger partial charge in [0.05, 0.1) is 12.7 Å². The minimum atomic E-state index is -0.206. The van der Waals surface area contributed by atoms with E-state index in [1.165, 1.54) is 6.07 Å². The predicted molar refractivity (Wildman–Crippen MR) is 105 cm³/mol. The standard InChI is InChI=1S/C21H23FN4O/c1-15-12-18(22)9-8-16(15)10-11-24-21(23-2)26-14-20-25-13-19(27-20)17-6-4-3-5-7-17/h3-9,12-13H,10-11,14H2,1-2H3,(H2,23,24,26). The fraction of sp³-hybridized carbons (Fsp3) is 0.238. The zero-order chi connectivity index (χ0) is 19.1. The van der Waals surface area contributed by atoms with E-state index in [0.717, 1.165) is 28.9 Å². The van der Waals surface area contributed by atoms with Gasteiger partial charge in [0.25, 0.3) is 0 Å². The molecule has 0 atom stereocenters. The normalized spacial score (nSPS) is 11.4. The van der Waals surface area contributed by atoms with Crippen LogP contribution in [0.5, 0.6) is 0 Å². The van der Waals surface area contributed by atoms with Crippen LogP contribution < -0.4 is 10.6 Å². The van der Waals surface area contributed by atoms with Crippen LogP contribution >= 0.6 is 0 Å². The number of aromatic nitrogens is 1. The molecule has 3 rings (SSSR count). The van der Waals surface area contributed by atoms with Crippen LogP contribution in [0.4, 0.5) is 4.39 Å². The number of hydrogen-bond acceptors (Lipinski definition) is 3. The Kier molecular flexibility index (Phi) is 6.20. The van der Waals surface area contributed by atoms with Crippen LogP contribution in [-0.4, -0.2) is 24.5 Å². The van der Waals surface area contributed by atoms with E-state index in [-0.39, 0.29) is 5.82 Å². The van der Waals surface area contributed by atoms with E-state index in [9.17, 15) is 4.39 Å². The minimum absolute atomic E-state index is 0.206. The van der Waals surface area contributed by atoms with Crippen molar-refractivity contribution in [2.24, 2.45) is 4.99 Å². The van der Waals surface area contributed by atoms with Gasteiger partial charge in [-0.25, -0.2) is 9.37 Å². The first kappa shape index (κ1) is 18.6. The van der Waals surface area contributed by atoms with Gasteiger partial charge in [-0.05, 0) is 36.6 Å². The minimum Gasteiger partial charge on any atom is -0.439 e. The summed E-state index contributed by atoms with van der Waals surface area (Å²) in [6.07, 6.45) is 2.50. The van der Waals surface area contributed by atoms with Crippen molar-refractivity contribution in [1.29, 1.82) is 0 Å². The van der Waals surface area contributed by atoms with Gasteiger partial charge in [0.2, 0.25) is 5.89 Å². The van der Waals surface area contributed by atoms with Crippen molar-refractivity contribution in [2.45, 2.75) is 19.9 Å². The number of hydrogen-bond donors (Lipinski definition) is 2. The molecular formula is C21H23FN4O. The molecule has 1 aromatic heterocycles. The summed E-state index contributed by atoms with van der Waals surface area (Å²) in [5.74, 6) is 1.78. The lowest BCUT2D eigenvalue weighted by molar-refractivity contribution is 0.497. The molecule has 3 aromatic rings. The first-order chi connectivity index (χ1) is 13.2. The molecule has 0 radical (unpaired) electrons. The van der Waals surface area contributed by atoms with Gasteiger partial charge in [0.1, 0.15) is 5.82 Å². The van der Waals surface area contributed by atoms with E-state index >= 15 is 0 Å². The van der Waals surface area contributed by atoms with E-state index in [0.29, 0.717) is 24.9 Å². The Morgan fingerprint density at radius 2 is 1.96 bits per heavy atom. The molecule has 0 unspecified atom stereocenters. The number of aryl methyl sites for hydroxylation is 1. The van der Waals surface area contributed by atoms with Crippen LogP contribution in [0.1, 0.15) is 17.0 Å². The highest BCUT2D eigenvalue weighted by atomic mass is 19.1. The molecule has 0 aliphatic carbocycles. The highest BCUT2D eigenvalue weighted by molar-refractivity contribution is 5.79. The third-order valence-electron chi connectivity index (χ3n) is 4.23. The average molecular weight is 366 g/mol. The van der Waals surface area contributed by atoms with Gasteiger partial charge in [-0.1, -0.05) is 36.4 Å². The van der Waals surface area contributed by atoms with Crippen molar-refractivity contribution in [2.75, 3.05) is 13.6 Å². The molecule has 140 valence electrons. The zero-order valence-corrected chi connectivity index (χ0v) is 15.5. The maximum Gasteiger partial charge on any atom is 0.214 e. The maximum atomic E-state index is 13.2. The third kappa shape index (κ3) is 5.17. The summed E-state index contributed by atoms with van der Waals surface area (Å²) in [5, 5.41) is 6.43. The number of rotatable bonds is 6. The molecule has 27 heavy (non-hydrogen) atoms. The number of benzene rings is 2. The van der Waals surface area contributed by atoms with E-state index < -0.39 is 0 Å². The second-order valence-electron chi connectivity index (χ2n) is 6.16. The van der Waals surface area contributed by atoms with E-state index in [1.54, 1.807) is 19.3 Å². The van der Waals surface area contributed by atoms with E-state index in [1.807, 2.05) is 43.3 Å². The Hall–Kier alpha value is -3.15. The molecule has 6 heteroatoms. The van der Waals surface area contributed by atoms with Crippen LogP contribution in [0.2, 0.25) is 0 Å². The monoisotopic (exact) mass is 366 g/mol. The number of oxazole rings is 1. The number of nitrogens with one attached hydrogen (secondary N) is 2. The summed E-state index contributed by atoms with van der Waals surface area (Å²) in [6, 6.07) is 14.7. The highest BCUT2D eigenvalue weighted by Crippen LogP contribution is 2.19. The number of guanidine groups is 1. The van der Waals surface area contributed by atoms with Crippen LogP contribution in [0.25, 0.3) is 11.3 Å². The Morgan fingerprint density at radius 3 is 2.70 bits per heavy atom. The third-order valence-corrected chi connectivity index (χ3v) is 4.23. The lowest BCUT2D eigenvalue weighted by atomic mass is 10.1. The molecule has 2 N–H and O–H groups in total. The second kappa shape index (κ2) is 8.98. The zero-order valence-electron chi connectivity index (χ0n) is 15.5. The summed E-state index contributed by atoms with van der Waals surface area (Å²) in [6.45, 7) is 3.04. The van der Waals surface area contributed by atoms with Crippen molar-refractivity contribution in [1.82, 2.24) is 15.6 Å². The van der Waals surface area contributed by atoms with Crippen LogP contribution in [0.15, 0.2) is 64.1 Å². The van der Waals surface area contributed by atoms with Gasteiger partial charge in [-0.15, -0.1) is 0 Å². The van der Waals surface area contributed by atoms with Crippen molar-refractivity contribution >= 4 is 5.96 Å².